The lowest BCUT2D eigenvalue weighted by Crippen LogP contribution is -2.50. The molecular formula is C29H38Cl2N2O2. The molecule has 0 bridgehead atoms. The number of hydrogen-bond donors (Lipinski definition) is 1. The Labute approximate surface area is 220 Å². The fourth-order valence-corrected chi connectivity index (χ4v) is 5.09. The molecule has 0 saturated heterocycles. The zero-order valence-electron chi connectivity index (χ0n) is 21.4. The molecule has 2 amide bonds. The maximum Gasteiger partial charge on any atom is 0.242 e. The van der Waals surface area contributed by atoms with Crippen molar-refractivity contribution in [2.45, 2.75) is 96.7 Å². The van der Waals surface area contributed by atoms with Gasteiger partial charge in [0.15, 0.2) is 0 Å². The van der Waals surface area contributed by atoms with Crippen LogP contribution in [0.15, 0.2) is 42.5 Å². The van der Waals surface area contributed by atoms with Crippen molar-refractivity contribution in [1.82, 2.24) is 10.2 Å². The molecule has 1 atom stereocenters. The van der Waals surface area contributed by atoms with Crippen LogP contribution in [0.2, 0.25) is 10.0 Å². The second kappa shape index (κ2) is 12.3. The summed E-state index contributed by atoms with van der Waals surface area (Å²) in [6, 6.07) is 13.3. The molecule has 4 nitrogen and oxygen atoms in total. The van der Waals surface area contributed by atoms with Crippen LogP contribution in [-0.4, -0.2) is 28.8 Å². The Hall–Kier alpha value is -2.04. The summed E-state index contributed by atoms with van der Waals surface area (Å²) in [5, 5.41) is 4.15. The van der Waals surface area contributed by atoms with Crippen LogP contribution in [0.1, 0.15) is 82.9 Å². The van der Waals surface area contributed by atoms with Crippen molar-refractivity contribution in [1.29, 1.82) is 0 Å². The summed E-state index contributed by atoms with van der Waals surface area (Å²) < 4.78 is 0. The molecule has 190 valence electrons. The predicted molar refractivity (Wildman–Crippen MR) is 145 cm³/mol. The second-order valence-corrected chi connectivity index (χ2v) is 11.5. The molecule has 1 aliphatic rings. The number of nitrogens with zero attached hydrogens (tertiary/aromatic N) is 1. The monoisotopic (exact) mass is 516 g/mol. The van der Waals surface area contributed by atoms with Crippen molar-refractivity contribution in [3.8, 4) is 0 Å². The van der Waals surface area contributed by atoms with Crippen LogP contribution in [0.5, 0.6) is 0 Å². The zero-order chi connectivity index (χ0) is 25.6. The molecular weight excluding hydrogens is 479 g/mol. The topological polar surface area (TPSA) is 49.4 Å². The van der Waals surface area contributed by atoms with Gasteiger partial charge in [-0.15, -0.1) is 0 Å². The first-order valence-corrected chi connectivity index (χ1v) is 13.4. The first-order chi connectivity index (χ1) is 16.6. The Morgan fingerprint density at radius 3 is 2.17 bits per heavy atom. The lowest BCUT2D eigenvalue weighted by atomic mass is 9.86. The number of rotatable bonds is 8. The maximum absolute atomic E-state index is 13.5. The van der Waals surface area contributed by atoms with Gasteiger partial charge < -0.3 is 10.2 Å². The van der Waals surface area contributed by atoms with Crippen molar-refractivity contribution in [2.75, 3.05) is 0 Å². The molecule has 0 aliphatic heterocycles. The van der Waals surface area contributed by atoms with E-state index in [1.165, 1.54) is 12.0 Å². The smallest absolute Gasteiger partial charge is 0.242 e. The lowest BCUT2D eigenvalue weighted by Gasteiger charge is -2.31. The highest BCUT2D eigenvalue weighted by Crippen LogP contribution is 2.27. The Morgan fingerprint density at radius 2 is 1.60 bits per heavy atom. The van der Waals surface area contributed by atoms with Crippen LogP contribution in [0, 0.1) is 0 Å². The van der Waals surface area contributed by atoms with Crippen molar-refractivity contribution in [3.63, 3.8) is 0 Å². The molecule has 2 aromatic carbocycles. The van der Waals surface area contributed by atoms with Gasteiger partial charge in [-0.05, 0) is 54.9 Å². The molecule has 6 heteroatoms. The van der Waals surface area contributed by atoms with E-state index in [9.17, 15) is 9.59 Å². The van der Waals surface area contributed by atoms with Gasteiger partial charge in [0.1, 0.15) is 6.04 Å². The Morgan fingerprint density at radius 1 is 1.00 bits per heavy atom. The van der Waals surface area contributed by atoms with Gasteiger partial charge in [0.2, 0.25) is 11.8 Å². The first-order valence-electron chi connectivity index (χ1n) is 12.7. The second-order valence-electron chi connectivity index (χ2n) is 10.7. The quantitative estimate of drug-likeness (QED) is 0.407. The standard InChI is InChI=1S/C29H38Cl2N2O2/c1-20(28(35)32-23-9-6-5-7-10-23)33(19-24-25(30)11-8-12-26(24)31)27(34)18-15-21-13-16-22(17-14-21)29(2,3)4/h8,11-14,16-17,20,23H,5-7,9-10,15,18-19H2,1-4H3,(H,32,35)/t20-/m1/s1. The molecule has 0 unspecified atom stereocenters. The highest BCUT2D eigenvalue weighted by atomic mass is 35.5. The van der Waals surface area contributed by atoms with E-state index in [4.69, 9.17) is 23.2 Å². The number of aryl methyl sites for hydroxylation is 1. The number of benzene rings is 2. The Balaban J connectivity index is 1.74. The Kier molecular flexibility index (Phi) is 9.66. The SMILES string of the molecule is C[C@H](C(=O)NC1CCCCC1)N(Cc1c(Cl)cccc1Cl)C(=O)CCc1ccc(C(C)(C)C)cc1. The highest BCUT2D eigenvalue weighted by molar-refractivity contribution is 6.36. The molecule has 1 fully saturated rings. The molecule has 0 spiro atoms. The minimum atomic E-state index is -0.625. The largest absolute Gasteiger partial charge is 0.352 e. The number of carbonyl (C=O) groups is 2. The zero-order valence-corrected chi connectivity index (χ0v) is 22.9. The third kappa shape index (κ3) is 7.72. The third-order valence-corrected chi connectivity index (χ3v) is 7.66. The van der Waals surface area contributed by atoms with Gasteiger partial charge in [-0.25, -0.2) is 0 Å². The van der Waals surface area contributed by atoms with Gasteiger partial charge in [-0.2, -0.15) is 0 Å². The van der Waals surface area contributed by atoms with E-state index in [1.807, 2.05) is 0 Å². The highest BCUT2D eigenvalue weighted by Gasteiger charge is 2.29. The molecule has 1 N–H and O–H groups in total. The van der Waals surface area contributed by atoms with Crippen molar-refractivity contribution < 1.29 is 9.59 Å². The van der Waals surface area contributed by atoms with E-state index in [2.05, 4.69) is 50.4 Å². The summed E-state index contributed by atoms with van der Waals surface area (Å²) in [6.07, 6.45) is 6.37. The summed E-state index contributed by atoms with van der Waals surface area (Å²) in [5.74, 6) is -0.213. The van der Waals surface area contributed by atoms with Crippen molar-refractivity contribution in [2.24, 2.45) is 0 Å². The van der Waals surface area contributed by atoms with Gasteiger partial charge >= 0.3 is 0 Å². The van der Waals surface area contributed by atoms with E-state index in [0.29, 0.717) is 28.5 Å². The minimum Gasteiger partial charge on any atom is -0.352 e. The molecule has 1 saturated carbocycles. The maximum atomic E-state index is 13.5. The van der Waals surface area contributed by atoms with Crippen LogP contribution in [0.4, 0.5) is 0 Å². The van der Waals surface area contributed by atoms with Gasteiger partial charge in [-0.1, -0.05) is 93.6 Å². The molecule has 1 aliphatic carbocycles. The average Bonchev–Trinajstić information content (AvgIpc) is 2.82. The van der Waals surface area contributed by atoms with Crippen LogP contribution < -0.4 is 5.32 Å². The first kappa shape index (κ1) is 27.5. The van der Waals surface area contributed by atoms with Gasteiger partial charge in [-0.3, -0.25) is 9.59 Å². The van der Waals surface area contributed by atoms with E-state index in [0.717, 1.165) is 31.2 Å². The fourth-order valence-electron chi connectivity index (χ4n) is 4.57. The van der Waals surface area contributed by atoms with Crippen molar-refractivity contribution >= 4 is 35.0 Å². The summed E-state index contributed by atoms with van der Waals surface area (Å²) >= 11 is 12.8. The van der Waals surface area contributed by atoms with Gasteiger partial charge in [0.05, 0.1) is 0 Å². The number of carbonyl (C=O) groups excluding carboxylic acids is 2. The number of nitrogens with one attached hydrogen (secondary N) is 1. The van der Waals surface area contributed by atoms with E-state index < -0.39 is 6.04 Å². The molecule has 35 heavy (non-hydrogen) atoms. The number of halogens is 2. The summed E-state index contributed by atoms with van der Waals surface area (Å²) in [6.45, 7) is 8.54. The molecule has 0 radical (unpaired) electrons. The van der Waals surface area contributed by atoms with E-state index >= 15 is 0 Å². The van der Waals surface area contributed by atoms with Crippen LogP contribution in [0.25, 0.3) is 0 Å². The molecule has 0 aromatic heterocycles. The van der Waals surface area contributed by atoms with Crippen LogP contribution in [0.3, 0.4) is 0 Å². The summed E-state index contributed by atoms with van der Waals surface area (Å²) in [7, 11) is 0. The van der Waals surface area contributed by atoms with Crippen LogP contribution in [-0.2, 0) is 28.0 Å². The molecule has 3 rings (SSSR count). The van der Waals surface area contributed by atoms with Crippen LogP contribution >= 0.6 is 23.2 Å². The molecule has 2 aromatic rings. The van der Waals surface area contributed by atoms with Gasteiger partial charge in [0, 0.05) is 34.6 Å². The summed E-state index contributed by atoms with van der Waals surface area (Å²) in [5.41, 5.74) is 3.11. The normalized spacial score (nSPS) is 15.5. The fraction of sp³-hybridized carbons (Fsp3) is 0.517. The Bertz CT molecular complexity index is 988. The predicted octanol–water partition coefficient (Wildman–Crippen LogP) is 7.09. The van der Waals surface area contributed by atoms with Gasteiger partial charge in [0.25, 0.3) is 0 Å². The van der Waals surface area contributed by atoms with E-state index in [1.54, 1.807) is 30.0 Å². The summed E-state index contributed by atoms with van der Waals surface area (Å²) in [4.78, 5) is 28.2. The third-order valence-electron chi connectivity index (χ3n) is 6.96. The minimum absolute atomic E-state index is 0.0838. The lowest BCUT2D eigenvalue weighted by molar-refractivity contribution is -0.141. The number of hydrogen-bond acceptors (Lipinski definition) is 2. The number of amides is 2. The average molecular weight is 518 g/mol. The molecule has 0 heterocycles. The van der Waals surface area contributed by atoms with Crippen molar-refractivity contribution in [3.05, 3.63) is 69.2 Å². The van der Waals surface area contributed by atoms with E-state index in [-0.39, 0.29) is 29.8 Å².